The maximum Gasteiger partial charge on any atom is 0.262 e. The highest BCUT2D eigenvalue weighted by molar-refractivity contribution is 7.19. The number of thiophene rings is 1. The normalized spacial score (nSPS) is 11.2. The van der Waals surface area contributed by atoms with Crippen molar-refractivity contribution >= 4 is 11.3 Å². The molecule has 3 heterocycles. The molecular formula is C28H25FN4OS. The minimum Gasteiger partial charge on any atom is -0.292 e. The highest BCUT2D eigenvalue weighted by Gasteiger charge is 2.21. The SMILES string of the molecule is Cc1cc(-c2c(C)nc(-c3cccc(F)c3)n(CCc3ccccc3)c2=O)sc1-c1ccnn1C. The van der Waals surface area contributed by atoms with Gasteiger partial charge in [-0.15, -0.1) is 11.3 Å². The molecule has 5 aromatic rings. The molecule has 5 nitrogen and oxygen atoms in total. The topological polar surface area (TPSA) is 52.7 Å². The lowest BCUT2D eigenvalue weighted by Gasteiger charge is -2.16. The first-order valence-electron chi connectivity index (χ1n) is 11.4. The number of hydrogen-bond acceptors (Lipinski definition) is 4. The number of hydrogen-bond donors (Lipinski definition) is 0. The van der Waals surface area contributed by atoms with E-state index in [9.17, 15) is 9.18 Å². The highest BCUT2D eigenvalue weighted by atomic mass is 32.1. The van der Waals surface area contributed by atoms with Gasteiger partial charge in [-0.3, -0.25) is 14.0 Å². The molecule has 0 bridgehead atoms. The Balaban J connectivity index is 1.66. The molecule has 0 fully saturated rings. The zero-order valence-corrected chi connectivity index (χ0v) is 20.6. The summed E-state index contributed by atoms with van der Waals surface area (Å²) in [5, 5.41) is 4.29. The van der Waals surface area contributed by atoms with Crippen LogP contribution in [0.25, 0.3) is 32.4 Å². The number of aryl methyl sites for hydroxylation is 4. The zero-order valence-electron chi connectivity index (χ0n) is 19.8. The van der Waals surface area contributed by atoms with E-state index in [0.717, 1.165) is 26.6 Å². The van der Waals surface area contributed by atoms with Gasteiger partial charge in [0.1, 0.15) is 11.6 Å². The molecule has 0 aliphatic heterocycles. The van der Waals surface area contributed by atoms with Gasteiger partial charge in [0.05, 0.1) is 21.8 Å². The second-order valence-corrected chi connectivity index (χ2v) is 9.61. The van der Waals surface area contributed by atoms with Gasteiger partial charge in [0, 0.05) is 30.2 Å². The third kappa shape index (κ3) is 4.47. The molecule has 3 aromatic heterocycles. The van der Waals surface area contributed by atoms with Crippen molar-refractivity contribution in [3.05, 3.63) is 106 Å². The van der Waals surface area contributed by atoms with Crippen LogP contribution in [0.4, 0.5) is 4.39 Å². The molecular weight excluding hydrogens is 459 g/mol. The lowest BCUT2D eigenvalue weighted by Crippen LogP contribution is -2.27. The molecule has 0 N–H and O–H groups in total. The van der Waals surface area contributed by atoms with Crippen LogP contribution in [0, 0.1) is 19.7 Å². The predicted octanol–water partition coefficient (Wildman–Crippen LogP) is 6.04. The minimum atomic E-state index is -0.359. The van der Waals surface area contributed by atoms with E-state index in [0.29, 0.717) is 35.6 Å². The molecule has 2 aromatic carbocycles. The van der Waals surface area contributed by atoms with E-state index in [-0.39, 0.29) is 11.4 Å². The van der Waals surface area contributed by atoms with Crippen molar-refractivity contribution in [1.29, 1.82) is 0 Å². The number of halogens is 1. The summed E-state index contributed by atoms with van der Waals surface area (Å²) in [6.07, 6.45) is 2.43. The Morgan fingerprint density at radius 3 is 2.51 bits per heavy atom. The van der Waals surface area contributed by atoms with Gasteiger partial charge < -0.3 is 0 Å². The molecule has 0 aliphatic carbocycles. The van der Waals surface area contributed by atoms with Crippen LogP contribution >= 0.6 is 11.3 Å². The average molecular weight is 485 g/mol. The highest BCUT2D eigenvalue weighted by Crippen LogP contribution is 2.37. The second kappa shape index (κ2) is 9.43. The largest absolute Gasteiger partial charge is 0.292 e. The first-order valence-corrected chi connectivity index (χ1v) is 12.2. The van der Waals surface area contributed by atoms with Gasteiger partial charge >= 0.3 is 0 Å². The first kappa shape index (κ1) is 22.9. The summed E-state index contributed by atoms with van der Waals surface area (Å²) in [6.45, 7) is 4.33. The molecule has 35 heavy (non-hydrogen) atoms. The Morgan fingerprint density at radius 1 is 1.00 bits per heavy atom. The van der Waals surface area contributed by atoms with Crippen LogP contribution in [0.1, 0.15) is 16.8 Å². The van der Waals surface area contributed by atoms with Crippen molar-refractivity contribution in [1.82, 2.24) is 19.3 Å². The molecule has 0 aliphatic rings. The summed E-state index contributed by atoms with van der Waals surface area (Å²) in [5.41, 5.74) is 4.88. The van der Waals surface area contributed by atoms with Crippen LogP contribution in [0.2, 0.25) is 0 Å². The van der Waals surface area contributed by atoms with E-state index in [4.69, 9.17) is 4.98 Å². The summed E-state index contributed by atoms with van der Waals surface area (Å²) < 4.78 is 17.6. The van der Waals surface area contributed by atoms with Crippen LogP contribution in [0.15, 0.2) is 77.7 Å². The summed E-state index contributed by atoms with van der Waals surface area (Å²) in [4.78, 5) is 20.8. The summed E-state index contributed by atoms with van der Waals surface area (Å²) in [6, 6.07) is 20.3. The van der Waals surface area contributed by atoms with E-state index >= 15 is 0 Å². The lowest BCUT2D eigenvalue weighted by molar-refractivity contribution is 0.626. The molecule has 0 amide bonds. The van der Waals surface area contributed by atoms with E-state index in [1.807, 2.05) is 68.0 Å². The van der Waals surface area contributed by atoms with E-state index < -0.39 is 0 Å². The van der Waals surface area contributed by atoms with Crippen molar-refractivity contribution in [3.8, 4) is 32.4 Å². The van der Waals surface area contributed by atoms with Gasteiger partial charge in [0.25, 0.3) is 5.56 Å². The number of nitrogens with zero attached hydrogens (tertiary/aromatic N) is 4. The Morgan fingerprint density at radius 2 is 1.80 bits per heavy atom. The van der Waals surface area contributed by atoms with Gasteiger partial charge in [-0.25, -0.2) is 9.37 Å². The van der Waals surface area contributed by atoms with E-state index in [2.05, 4.69) is 5.10 Å². The van der Waals surface area contributed by atoms with Crippen molar-refractivity contribution in [3.63, 3.8) is 0 Å². The van der Waals surface area contributed by atoms with Gasteiger partial charge in [-0.1, -0.05) is 42.5 Å². The van der Waals surface area contributed by atoms with Crippen LogP contribution in [-0.2, 0) is 20.0 Å². The molecule has 176 valence electrons. The van der Waals surface area contributed by atoms with Gasteiger partial charge in [0.15, 0.2) is 0 Å². The molecule has 5 rings (SSSR count). The quantitative estimate of drug-likeness (QED) is 0.295. The van der Waals surface area contributed by atoms with E-state index in [1.54, 1.807) is 34.2 Å². The molecule has 0 radical (unpaired) electrons. The van der Waals surface area contributed by atoms with Crippen molar-refractivity contribution < 1.29 is 4.39 Å². The van der Waals surface area contributed by atoms with Crippen molar-refractivity contribution in [2.24, 2.45) is 7.05 Å². The number of rotatable bonds is 6. The Labute approximate surface area is 207 Å². The Bertz CT molecular complexity index is 1570. The van der Waals surface area contributed by atoms with Gasteiger partial charge in [0.2, 0.25) is 0 Å². The third-order valence-corrected chi connectivity index (χ3v) is 7.39. The first-order chi connectivity index (χ1) is 16.9. The number of benzene rings is 2. The van der Waals surface area contributed by atoms with Gasteiger partial charge in [-0.2, -0.15) is 5.10 Å². The van der Waals surface area contributed by atoms with Crippen LogP contribution in [0.5, 0.6) is 0 Å². The monoisotopic (exact) mass is 484 g/mol. The number of aromatic nitrogens is 4. The fourth-order valence-corrected chi connectivity index (χ4v) is 5.66. The summed E-state index contributed by atoms with van der Waals surface area (Å²) in [5.74, 6) is 0.120. The maximum absolute atomic E-state index is 14.1. The summed E-state index contributed by atoms with van der Waals surface area (Å²) >= 11 is 1.57. The fourth-order valence-electron chi connectivity index (χ4n) is 4.34. The lowest BCUT2D eigenvalue weighted by atomic mass is 10.1. The Kier molecular flexibility index (Phi) is 6.17. The predicted molar refractivity (Wildman–Crippen MR) is 139 cm³/mol. The molecule has 0 saturated heterocycles. The van der Waals surface area contributed by atoms with Crippen molar-refractivity contribution in [2.45, 2.75) is 26.8 Å². The average Bonchev–Trinajstić information content (AvgIpc) is 3.43. The minimum absolute atomic E-state index is 0.120. The summed E-state index contributed by atoms with van der Waals surface area (Å²) in [7, 11) is 1.91. The smallest absolute Gasteiger partial charge is 0.262 e. The van der Waals surface area contributed by atoms with E-state index in [1.165, 1.54) is 12.1 Å². The molecule has 0 atom stereocenters. The molecule has 0 unspecified atom stereocenters. The molecule has 7 heteroatoms. The van der Waals surface area contributed by atoms with Crippen LogP contribution in [-0.4, -0.2) is 19.3 Å². The van der Waals surface area contributed by atoms with Crippen LogP contribution in [0.3, 0.4) is 0 Å². The molecule has 0 saturated carbocycles. The standard InChI is InChI=1S/C28H25FN4OS/c1-18-16-24(35-26(18)23-12-14-30-32(23)3)25-19(2)31-27(21-10-7-11-22(29)17-21)33(28(25)34)15-13-20-8-5-4-6-9-20/h4-12,14,16-17H,13,15H2,1-3H3. The fraction of sp³-hybridized carbons (Fsp3) is 0.179. The molecule has 0 spiro atoms. The van der Waals surface area contributed by atoms with Crippen molar-refractivity contribution in [2.75, 3.05) is 0 Å². The Hall–Kier alpha value is -3.84. The zero-order chi connectivity index (χ0) is 24.5. The maximum atomic E-state index is 14.1. The van der Waals surface area contributed by atoms with Crippen LogP contribution < -0.4 is 5.56 Å². The third-order valence-electron chi connectivity index (χ3n) is 6.12. The second-order valence-electron chi connectivity index (χ2n) is 8.56. The van der Waals surface area contributed by atoms with Gasteiger partial charge in [-0.05, 0) is 55.7 Å².